The van der Waals surface area contributed by atoms with Gasteiger partial charge in [-0.1, -0.05) is 39.0 Å². The van der Waals surface area contributed by atoms with Gasteiger partial charge in [0.05, 0.1) is 0 Å². The van der Waals surface area contributed by atoms with Gasteiger partial charge < -0.3 is 10.3 Å². The molecule has 0 saturated heterocycles. The highest BCUT2D eigenvalue weighted by Gasteiger charge is 2.08. The number of H-pyrrole nitrogens is 1. The molecule has 0 aliphatic rings. The van der Waals surface area contributed by atoms with Crippen molar-refractivity contribution in [2.45, 2.75) is 27.2 Å². The smallest absolute Gasteiger partial charge is 0.0456 e. The molecule has 0 unspecified atom stereocenters. The summed E-state index contributed by atoms with van der Waals surface area (Å²) in [5, 5.41) is 4.80. The second kappa shape index (κ2) is 4.92. The fourth-order valence-electron chi connectivity index (χ4n) is 1.95. The van der Waals surface area contributed by atoms with E-state index in [1.807, 2.05) is 0 Å². The van der Waals surface area contributed by atoms with Gasteiger partial charge in [0, 0.05) is 24.3 Å². The van der Waals surface area contributed by atoms with Crippen LogP contribution in [0.25, 0.3) is 10.9 Å². The van der Waals surface area contributed by atoms with E-state index in [0.29, 0.717) is 5.41 Å². The Balaban J connectivity index is 1.87. The van der Waals surface area contributed by atoms with E-state index in [-0.39, 0.29) is 0 Å². The molecule has 0 radical (unpaired) electrons. The van der Waals surface area contributed by atoms with Crippen molar-refractivity contribution in [1.82, 2.24) is 10.3 Å². The Bertz CT molecular complexity index is 444. The van der Waals surface area contributed by atoms with Gasteiger partial charge in [-0.25, -0.2) is 0 Å². The topological polar surface area (TPSA) is 27.8 Å². The summed E-state index contributed by atoms with van der Waals surface area (Å²) in [6.07, 6.45) is 1.06. The molecule has 2 heteroatoms. The van der Waals surface area contributed by atoms with Gasteiger partial charge in [0.25, 0.3) is 0 Å². The van der Waals surface area contributed by atoms with Crippen molar-refractivity contribution >= 4 is 10.9 Å². The third-order valence-corrected chi connectivity index (χ3v) is 2.81. The first-order valence-electron chi connectivity index (χ1n) is 6.32. The van der Waals surface area contributed by atoms with Gasteiger partial charge in [0.15, 0.2) is 0 Å². The number of hydrogen-bond donors (Lipinski definition) is 2. The quantitative estimate of drug-likeness (QED) is 0.775. The third kappa shape index (κ3) is 3.60. The van der Waals surface area contributed by atoms with E-state index in [0.717, 1.165) is 19.5 Å². The van der Waals surface area contributed by atoms with E-state index in [2.05, 4.69) is 61.4 Å². The summed E-state index contributed by atoms with van der Waals surface area (Å²) >= 11 is 0. The molecule has 17 heavy (non-hydrogen) atoms. The first-order valence-corrected chi connectivity index (χ1v) is 6.32. The van der Waals surface area contributed by atoms with Gasteiger partial charge in [-0.15, -0.1) is 0 Å². The van der Waals surface area contributed by atoms with Crippen LogP contribution in [0.3, 0.4) is 0 Å². The zero-order valence-corrected chi connectivity index (χ0v) is 11.0. The highest BCUT2D eigenvalue weighted by molar-refractivity contribution is 5.80. The molecule has 1 aromatic carbocycles. The molecular formula is C15H22N2. The van der Waals surface area contributed by atoms with Gasteiger partial charge in [0.2, 0.25) is 0 Å². The number of aromatic amines is 1. The largest absolute Gasteiger partial charge is 0.358 e. The highest BCUT2D eigenvalue weighted by atomic mass is 14.9. The molecule has 0 aliphatic heterocycles. The molecule has 0 saturated carbocycles. The minimum atomic E-state index is 0.362. The van der Waals surface area contributed by atoms with Crippen LogP contribution in [-0.2, 0) is 6.42 Å². The van der Waals surface area contributed by atoms with Crippen LogP contribution in [0.5, 0.6) is 0 Å². The second-order valence-corrected chi connectivity index (χ2v) is 5.87. The van der Waals surface area contributed by atoms with Crippen molar-refractivity contribution in [3.8, 4) is 0 Å². The van der Waals surface area contributed by atoms with Gasteiger partial charge in [0.1, 0.15) is 0 Å². The van der Waals surface area contributed by atoms with Crippen LogP contribution in [0, 0.1) is 5.41 Å². The van der Waals surface area contributed by atoms with Crippen LogP contribution in [0.4, 0.5) is 0 Å². The summed E-state index contributed by atoms with van der Waals surface area (Å²) in [5.74, 6) is 0. The van der Waals surface area contributed by atoms with Gasteiger partial charge in [-0.3, -0.25) is 0 Å². The lowest BCUT2D eigenvalue weighted by molar-refractivity contribution is 0.381. The molecule has 1 heterocycles. The lowest BCUT2D eigenvalue weighted by Crippen LogP contribution is -2.28. The van der Waals surface area contributed by atoms with E-state index >= 15 is 0 Å². The lowest BCUT2D eigenvalue weighted by Gasteiger charge is -2.18. The Morgan fingerprint density at radius 3 is 2.65 bits per heavy atom. The standard InChI is InChI=1S/C15H22N2/c1-15(2,3)11-16-9-8-13-10-12-6-4-5-7-14(12)17-13/h4-7,10,16-17H,8-9,11H2,1-3H3. The Hall–Kier alpha value is -1.28. The molecule has 2 nitrogen and oxygen atoms in total. The molecule has 0 amide bonds. The maximum atomic E-state index is 3.50. The number of benzene rings is 1. The van der Waals surface area contributed by atoms with Crippen molar-refractivity contribution in [3.63, 3.8) is 0 Å². The average Bonchev–Trinajstić information content (AvgIpc) is 2.65. The van der Waals surface area contributed by atoms with Crippen LogP contribution < -0.4 is 5.32 Å². The molecule has 2 N–H and O–H groups in total. The maximum Gasteiger partial charge on any atom is 0.0456 e. The first-order chi connectivity index (χ1) is 8.04. The van der Waals surface area contributed by atoms with Crippen LogP contribution in [0.15, 0.2) is 30.3 Å². The maximum absolute atomic E-state index is 3.50. The van der Waals surface area contributed by atoms with E-state index < -0.39 is 0 Å². The van der Waals surface area contributed by atoms with Gasteiger partial charge >= 0.3 is 0 Å². The molecule has 2 rings (SSSR count). The summed E-state index contributed by atoms with van der Waals surface area (Å²) in [6.45, 7) is 8.85. The Morgan fingerprint density at radius 1 is 1.18 bits per heavy atom. The summed E-state index contributed by atoms with van der Waals surface area (Å²) < 4.78 is 0. The fraction of sp³-hybridized carbons (Fsp3) is 0.467. The summed E-state index contributed by atoms with van der Waals surface area (Å²) in [7, 11) is 0. The Kier molecular flexibility index (Phi) is 3.53. The first kappa shape index (κ1) is 12.2. The number of nitrogens with one attached hydrogen (secondary N) is 2. The second-order valence-electron chi connectivity index (χ2n) is 5.87. The van der Waals surface area contributed by atoms with Gasteiger partial charge in [-0.2, -0.15) is 0 Å². The minimum absolute atomic E-state index is 0.362. The number of para-hydroxylation sites is 1. The molecule has 0 atom stereocenters. The van der Waals surface area contributed by atoms with Crippen molar-refractivity contribution in [2.75, 3.05) is 13.1 Å². The zero-order chi connectivity index (χ0) is 12.3. The van der Waals surface area contributed by atoms with Crippen LogP contribution in [0.1, 0.15) is 26.5 Å². The lowest BCUT2D eigenvalue weighted by atomic mass is 9.97. The number of hydrogen-bond acceptors (Lipinski definition) is 1. The van der Waals surface area contributed by atoms with E-state index in [1.165, 1.54) is 16.6 Å². The molecule has 1 aromatic heterocycles. The molecule has 2 aromatic rings. The zero-order valence-electron chi connectivity index (χ0n) is 11.0. The Morgan fingerprint density at radius 2 is 1.94 bits per heavy atom. The molecule has 92 valence electrons. The van der Waals surface area contributed by atoms with Crippen LogP contribution >= 0.6 is 0 Å². The average molecular weight is 230 g/mol. The predicted molar refractivity (Wildman–Crippen MR) is 74.3 cm³/mol. The summed E-state index contributed by atoms with van der Waals surface area (Å²) in [6, 6.07) is 10.7. The molecular weight excluding hydrogens is 208 g/mol. The fourth-order valence-corrected chi connectivity index (χ4v) is 1.95. The molecule has 0 spiro atoms. The molecule has 0 fully saturated rings. The number of rotatable bonds is 4. The van der Waals surface area contributed by atoms with Crippen molar-refractivity contribution in [3.05, 3.63) is 36.0 Å². The number of aromatic nitrogens is 1. The Labute approximate surface area is 103 Å². The number of fused-ring (bicyclic) bond motifs is 1. The van der Waals surface area contributed by atoms with Gasteiger partial charge in [-0.05, 0) is 29.4 Å². The van der Waals surface area contributed by atoms with E-state index in [9.17, 15) is 0 Å². The highest BCUT2D eigenvalue weighted by Crippen LogP contribution is 2.15. The normalized spacial score (nSPS) is 12.2. The molecule has 0 aliphatic carbocycles. The van der Waals surface area contributed by atoms with Crippen molar-refractivity contribution in [1.29, 1.82) is 0 Å². The van der Waals surface area contributed by atoms with Crippen LogP contribution in [0.2, 0.25) is 0 Å². The van der Waals surface area contributed by atoms with E-state index in [1.54, 1.807) is 0 Å². The summed E-state index contributed by atoms with van der Waals surface area (Å²) in [5.41, 5.74) is 2.91. The molecule has 0 bridgehead atoms. The third-order valence-electron chi connectivity index (χ3n) is 2.81. The van der Waals surface area contributed by atoms with E-state index in [4.69, 9.17) is 0 Å². The monoisotopic (exact) mass is 230 g/mol. The SMILES string of the molecule is CC(C)(C)CNCCc1cc2ccccc2[nH]1. The summed E-state index contributed by atoms with van der Waals surface area (Å²) in [4.78, 5) is 3.45. The van der Waals surface area contributed by atoms with Crippen LogP contribution in [-0.4, -0.2) is 18.1 Å². The predicted octanol–water partition coefficient (Wildman–Crippen LogP) is 3.35. The van der Waals surface area contributed by atoms with Crippen molar-refractivity contribution < 1.29 is 0 Å². The van der Waals surface area contributed by atoms with Crippen molar-refractivity contribution in [2.24, 2.45) is 5.41 Å². The minimum Gasteiger partial charge on any atom is -0.358 e.